The summed E-state index contributed by atoms with van der Waals surface area (Å²) in [4.78, 5) is 26.2. The minimum Gasteiger partial charge on any atom is -0.452 e. The molecule has 0 bridgehead atoms. The molecule has 1 aromatic carbocycles. The number of carbonyl (C=O) groups is 2. The number of amides is 1. The molecule has 2 heterocycles. The molecule has 0 radical (unpaired) electrons. The fourth-order valence-electron chi connectivity index (χ4n) is 3.32. The predicted molar refractivity (Wildman–Crippen MR) is 101 cm³/mol. The quantitative estimate of drug-likeness (QED) is 0.679. The minimum absolute atomic E-state index is 0.117. The molecule has 0 atom stereocenters. The molecule has 2 saturated heterocycles. The highest BCUT2D eigenvalue weighted by Gasteiger charge is 2.26. The summed E-state index contributed by atoms with van der Waals surface area (Å²) in [5.74, 6) is -0.833. The lowest BCUT2D eigenvalue weighted by atomic mass is 10.2. The van der Waals surface area contributed by atoms with Gasteiger partial charge in [0.25, 0.3) is 5.91 Å². The van der Waals surface area contributed by atoms with E-state index in [-0.39, 0.29) is 23.0 Å². The molecular weight excluding hydrogens is 384 g/mol. The Balaban J connectivity index is 1.56. The molecule has 2 aliphatic heterocycles. The molecule has 2 aliphatic rings. The van der Waals surface area contributed by atoms with Gasteiger partial charge in [-0.25, -0.2) is 13.2 Å². The van der Waals surface area contributed by atoms with Gasteiger partial charge in [-0.3, -0.25) is 4.79 Å². The van der Waals surface area contributed by atoms with E-state index in [2.05, 4.69) is 0 Å². The second-order valence-electron chi connectivity index (χ2n) is 6.91. The monoisotopic (exact) mass is 410 g/mol. The van der Waals surface area contributed by atoms with Gasteiger partial charge in [-0.05, 0) is 37.1 Å². The largest absolute Gasteiger partial charge is 0.452 e. The first kappa shape index (κ1) is 20.8. The van der Waals surface area contributed by atoms with Crippen LogP contribution < -0.4 is 0 Å². The van der Waals surface area contributed by atoms with Gasteiger partial charge in [0, 0.05) is 26.2 Å². The van der Waals surface area contributed by atoms with Crippen LogP contribution in [0.25, 0.3) is 0 Å². The van der Waals surface area contributed by atoms with Gasteiger partial charge >= 0.3 is 5.97 Å². The fraction of sp³-hybridized carbons (Fsp3) is 0.579. The molecule has 154 valence electrons. The van der Waals surface area contributed by atoms with Crippen LogP contribution >= 0.6 is 0 Å². The molecule has 1 aromatic rings. The average molecular weight is 410 g/mol. The summed E-state index contributed by atoms with van der Waals surface area (Å²) < 4.78 is 36.8. The number of ether oxygens (including phenoxy) is 2. The van der Waals surface area contributed by atoms with Crippen LogP contribution in [0.3, 0.4) is 0 Å². The van der Waals surface area contributed by atoms with Gasteiger partial charge in [-0.15, -0.1) is 0 Å². The van der Waals surface area contributed by atoms with Gasteiger partial charge < -0.3 is 14.4 Å². The van der Waals surface area contributed by atoms with E-state index < -0.39 is 16.0 Å². The van der Waals surface area contributed by atoms with E-state index in [1.807, 2.05) is 0 Å². The van der Waals surface area contributed by atoms with Crippen molar-refractivity contribution in [2.75, 3.05) is 46.0 Å². The lowest BCUT2D eigenvalue weighted by molar-refractivity contribution is -0.134. The van der Waals surface area contributed by atoms with Crippen molar-refractivity contribution >= 4 is 21.9 Å². The molecule has 0 aliphatic carbocycles. The second kappa shape index (κ2) is 9.49. The summed E-state index contributed by atoms with van der Waals surface area (Å²) in [6, 6.07) is 5.59. The number of hydrogen-bond donors (Lipinski definition) is 0. The first-order valence-electron chi connectivity index (χ1n) is 9.61. The van der Waals surface area contributed by atoms with E-state index in [0.29, 0.717) is 39.4 Å². The number of morpholine rings is 1. The maximum Gasteiger partial charge on any atom is 0.338 e. The summed E-state index contributed by atoms with van der Waals surface area (Å²) in [6.07, 6.45) is 4.17. The van der Waals surface area contributed by atoms with E-state index in [1.54, 1.807) is 4.90 Å². The third-order valence-electron chi connectivity index (χ3n) is 4.98. The van der Waals surface area contributed by atoms with Gasteiger partial charge in [0.15, 0.2) is 6.61 Å². The van der Waals surface area contributed by atoms with Crippen molar-refractivity contribution in [1.82, 2.24) is 9.21 Å². The highest BCUT2D eigenvalue weighted by Crippen LogP contribution is 2.18. The number of rotatable bonds is 5. The summed E-state index contributed by atoms with van der Waals surface area (Å²) in [5, 5.41) is 0. The maximum atomic E-state index is 12.6. The molecule has 8 nitrogen and oxygen atoms in total. The highest BCUT2D eigenvalue weighted by molar-refractivity contribution is 7.89. The van der Waals surface area contributed by atoms with Crippen molar-refractivity contribution in [3.63, 3.8) is 0 Å². The first-order chi connectivity index (χ1) is 13.5. The van der Waals surface area contributed by atoms with Crippen LogP contribution in [0, 0.1) is 0 Å². The van der Waals surface area contributed by atoms with Crippen LogP contribution in [-0.4, -0.2) is 75.5 Å². The van der Waals surface area contributed by atoms with E-state index in [4.69, 9.17) is 9.47 Å². The van der Waals surface area contributed by atoms with E-state index in [0.717, 1.165) is 25.7 Å². The molecule has 0 unspecified atom stereocenters. The zero-order valence-corrected chi connectivity index (χ0v) is 16.7. The smallest absolute Gasteiger partial charge is 0.338 e. The summed E-state index contributed by atoms with van der Waals surface area (Å²) in [5.41, 5.74) is 0.213. The number of sulfonamides is 1. The summed E-state index contributed by atoms with van der Waals surface area (Å²) >= 11 is 0. The Kier molecular flexibility index (Phi) is 7.03. The Bertz CT molecular complexity index is 779. The maximum absolute atomic E-state index is 12.6. The van der Waals surface area contributed by atoms with Crippen LogP contribution in [0.5, 0.6) is 0 Å². The number of hydrogen-bond acceptors (Lipinski definition) is 6. The molecular formula is C19H26N2O6S. The number of likely N-dealkylation sites (tertiary alicyclic amines) is 1. The molecule has 28 heavy (non-hydrogen) atoms. The highest BCUT2D eigenvalue weighted by atomic mass is 32.2. The van der Waals surface area contributed by atoms with Crippen molar-refractivity contribution in [3.8, 4) is 0 Å². The number of nitrogens with zero attached hydrogens (tertiary/aromatic N) is 2. The van der Waals surface area contributed by atoms with Crippen LogP contribution in [0.15, 0.2) is 29.2 Å². The zero-order valence-electron chi connectivity index (χ0n) is 15.8. The minimum atomic E-state index is -3.61. The molecule has 9 heteroatoms. The average Bonchev–Trinajstić information content (AvgIpc) is 3.02. The molecule has 3 rings (SSSR count). The van der Waals surface area contributed by atoms with Gasteiger partial charge in [-0.1, -0.05) is 12.8 Å². The Morgan fingerprint density at radius 1 is 0.929 bits per heavy atom. The molecule has 0 aromatic heterocycles. The third kappa shape index (κ3) is 5.09. The van der Waals surface area contributed by atoms with Crippen molar-refractivity contribution in [2.24, 2.45) is 0 Å². The van der Waals surface area contributed by atoms with Crippen LogP contribution in [0.4, 0.5) is 0 Å². The van der Waals surface area contributed by atoms with Gasteiger partial charge in [0.05, 0.1) is 23.7 Å². The van der Waals surface area contributed by atoms with Gasteiger partial charge in [0.1, 0.15) is 0 Å². The number of carbonyl (C=O) groups excluding carboxylic acids is 2. The first-order valence-corrected chi connectivity index (χ1v) is 11.1. The Hall–Kier alpha value is -1.97. The predicted octanol–water partition coefficient (Wildman–Crippen LogP) is 1.27. The molecule has 2 fully saturated rings. The van der Waals surface area contributed by atoms with E-state index >= 15 is 0 Å². The van der Waals surface area contributed by atoms with Gasteiger partial charge in [-0.2, -0.15) is 4.31 Å². The molecule has 1 amide bonds. The summed E-state index contributed by atoms with van der Waals surface area (Å²) in [7, 11) is -3.61. The number of benzene rings is 1. The van der Waals surface area contributed by atoms with Crippen molar-refractivity contribution < 1.29 is 27.5 Å². The van der Waals surface area contributed by atoms with E-state index in [1.165, 1.54) is 28.6 Å². The normalized spacial score (nSPS) is 19.1. The van der Waals surface area contributed by atoms with Crippen LogP contribution in [0.1, 0.15) is 36.0 Å². The molecule has 0 N–H and O–H groups in total. The van der Waals surface area contributed by atoms with Gasteiger partial charge in [0.2, 0.25) is 10.0 Å². The van der Waals surface area contributed by atoms with Crippen molar-refractivity contribution in [2.45, 2.75) is 30.6 Å². The van der Waals surface area contributed by atoms with Crippen molar-refractivity contribution in [3.05, 3.63) is 29.8 Å². The van der Waals surface area contributed by atoms with Crippen LogP contribution in [-0.2, 0) is 24.3 Å². The fourth-order valence-corrected chi connectivity index (χ4v) is 4.73. The Labute approximate surface area is 165 Å². The SMILES string of the molecule is O=C(OCC(=O)N1CCCCCC1)c1ccc(S(=O)(=O)N2CCOCC2)cc1. The Morgan fingerprint density at radius 2 is 1.54 bits per heavy atom. The topological polar surface area (TPSA) is 93.2 Å². The molecule has 0 saturated carbocycles. The second-order valence-corrected chi connectivity index (χ2v) is 8.85. The van der Waals surface area contributed by atoms with Crippen LogP contribution in [0.2, 0.25) is 0 Å². The lowest BCUT2D eigenvalue weighted by Gasteiger charge is -2.26. The number of esters is 1. The summed E-state index contributed by atoms with van der Waals surface area (Å²) in [6.45, 7) is 2.46. The third-order valence-corrected chi connectivity index (χ3v) is 6.90. The van der Waals surface area contributed by atoms with Crippen molar-refractivity contribution in [1.29, 1.82) is 0 Å². The Morgan fingerprint density at radius 3 is 2.14 bits per heavy atom. The molecule has 0 spiro atoms. The standard InChI is InChI=1S/C19H26N2O6S/c22-18(20-9-3-1-2-4-10-20)15-27-19(23)16-5-7-17(8-6-16)28(24,25)21-11-13-26-14-12-21/h5-8H,1-4,9-15H2. The lowest BCUT2D eigenvalue weighted by Crippen LogP contribution is -2.40. The van der Waals surface area contributed by atoms with E-state index in [9.17, 15) is 18.0 Å². The zero-order chi connectivity index (χ0) is 20.0.